The van der Waals surface area contributed by atoms with Crippen molar-refractivity contribution >= 4 is 32.8 Å². The van der Waals surface area contributed by atoms with E-state index in [9.17, 15) is 0 Å². The molecule has 30 heavy (non-hydrogen) atoms. The van der Waals surface area contributed by atoms with E-state index < -0.39 is 0 Å². The zero-order valence-corrected chi connectivity index (χ0v) is 16.2. The Morgan fingerprint density at radius 3 is 2.47 bits per heavy atom. The monoisotopic (exact) mass is 388 g/mol. The van der Waals surface area contributed by atoms with Crippen LogP contribution < -0.4 is 0 Å². The fraction of sp³-hybridized carbons (Fsp3) is 0.0400. The van der Waals surface area contributed by atoms with E-state index in [0.29, 0.717) is 17.4 Å². The molecule has 0 radical (unpaired) electrons. The summed E-state index contributed by atoms with van der Waals surface area (Å²) >= 11 is 0. The van der Waals surface area contributed by atoms with Crippen molar-refractivity contribution in [3.8, 4) is 23.0 Å². The number of para-hydroxylation sites is 2. The van der Waals surface area contributed by atoms with Crippen LogP contribution >= 0.6 is 0 Å². The molecule has 5 nitrogen and oxygen atoms in total. The molecule has 0 saturated heterocycles. The maximum atomic E-state index is 5.82. The first-order valence-corrected chi connectivity index (χ1v) is 9.75. The highest BCUT2D eigenvalue weighted by Gasteiger charge is 2.12. The molecule has 3 aromatic heterocycles. The van der Waals surface area contributed by atoms with Crippen LogP contribution in [0.3, 0.4) is 0 Å². The quantitative estimate of drug-likeness (QED) is 0.342. The lowest BCUT2D eigenvalue weighted by Gasteiger charge is -2.08. The lowest BCUT2D eigenvalue weighted by Crippen LogP contribution is -1.96. The summed E-state index contributed by atoms with van der Waals surface area (Å²) in [7, 11) is 0. The average Bonchev–Trinajstić information content (AvgIpc) is 3.23. The Bertz CT molecular complexity index is 1520. The van der Waals surface area contributed by atoms with Crippen LogP contribution in [-0.2, 0) is 0 Å². The Morgan fingerprint density at radius 2 is 1.60 bits per heavy atom. The lowest BCUT2D eigenvalue weighted by atomic mass is 10.1. The van der Waals surface area contributed by atoms with Crippen LogP contribution in [0.15, 0.2) is 83.4 Å². The molecule has 0 aliphatic heterocycles. The summed E-state index contributed by atoms with van der Waals surface area (Å²) < 4.78 is 5.82. The molecule has 5 heteroatoms. The maximum Gasteiger partial charge on any atom is 0.246 e. The van der Waals surface area contributed by atoms with Crippen molar-refractivity contribution in [3.63, 3.8) is 0 Å². The number of fused-ring (bicyclic) bond motifs is 4. The van der Waals surface area contributed by atoms with Gasteiger partial charge in [0.1, 0.15) is 11.2 Å². The maximum absolute atomic E-state index is 5.82. The number of hydrogen-bond acceptors (Lipinski definition) is 5. The molecule has 0 amide bonds. The minimum absolute atomic E-state index is 0.504. The SMILES string of the molecule is Cc1nc(-c2ccc(-c3nc4ccccc4o3)nc2)nc2c1ccc1ccccc12. The minimum atomic E-state index is 0.504. The fourth-order valence-corrected chi connectivity index (χ4v) is 3.78. The van der Waals surface area contributed by atoms with Gasteiger partial charge in [0.2, 0.25) is 5.89 Å². The van der Waals surface area contributed by atoms with E-state index >= 15 is 0 Å². The fourth-order valence-electron chi connectivity index (χ4n) is 3.78. The van der Waals surface area contributed by atoms with Crippen LogP contribution in [0.1, 0.15) is 5.69 Å². The predicted molar refractivity (Wildman–Crippen MR) is 118 cm³/mol. The summed E-state index contributed by atoms with van der Waals surface area (Å²) in [4.78, 5) is 18.7. The normalized spacial score (nSPS) is 11.5. The van der Waals surface area contributed by atoms with Crippen LogP contribution in [0.4, 0.5) is 0 Å². The molecule has 0 saturated carbocycles. The molecule has 6 rings (SSSR count). The van der Waals surface area contributed by atoms with Gasteiger partial charge < -0.3 is 4.42 Å². The molecule has 0 aliphatic carbocycles. The first-order valence-electron chi connectivity index (χ1n) is 9.75. The van der Waals surface area contributed by atoms with Gasteiger partial charge >= 0.3 is 0 Å². The predicted octanol–water partition coefficient (Wildman–Crippen LogP) is 5.96. The summed E-state index contributed by atoms with van der Waals surface area (Å²) in [6.07, 6.45) is 1.77. The number of benzene rings is 3. The Kier molecular flexibility index (Phi) is 3.62. The van der Waals surface area contributed by atoms with Gasteiger partial charge in [-0.3, -0.25) is 4.98 Å². The van der Waals surface area contributed by atoms with Gasteiger partial charge in [0.05, 0.1) is 5.52 Å². The summed E-state index contributed by atoms with van der Waals surface area (Å²) in [6.45, 7) is 2.02. The van der Waals surface area contributed by atoms with E-state index in [2.05, 4.69) is 34.2 Å². The molecule has 3 heterocycles. The van der Waals surface area contributed by atoms with Crippen molar-refractivity contribution in [1.29, 1.82) is 0 Å². The zero-order valence-electron chi connectivity index (χ0n) is 16.2. The molecule has 0 fully saturated rings. The summed E-state index contributed by atoms with van der Waals surface area (Å²) in [5.41, 5.74) is 5.01. The Morgan fingerprint density at radius 1 is 0.733 bits per heavy atom. The van der Waals surface area contributed by atoms with E-state index in [1.165, 1.54) is 5.39 Å². The van der Waals surface area contributed by atoms with Gasteiger partial charge in [0.25, 0.3) is 0 Å². The number of rotatable bonds is 2. The van der Waals surface area contributed by atoms with Gasteiger partial charge in [-0.25, -0.2) is 15.0 Å². The second-order valence-electron chi connectivity index (χ2n) is 7.23. The minimum Gasteiger partial charge on any atom is -0.435 e. The Labute approximate surface area is 172 Å². The van der Waals surface area contributed by atoms with Gasteiger partial charge in [-0.2, -0.15) is 0 Å². The standard InChI is InChI=1S/C25H16N4O/c1-15-18-12-10-16-6-2-3-7-19(16)23(18)29-24(27-15)17-11-13-21(26-14-17)25-28-20-8-4-5-9-22(20)30-25/h2-14H,1H3. The molecule has 0 atom stereocenters. The van der Waals surface area contributed by atoms with Gasteiger partial charge in [0.15, 0.2) is 11.4 Å². The van der Waals surface area contributed by atoms with Crippen molar-refractivity contribution in [2.75, 3.05) is 0 Å². The molecule has 0 aliphatic rings. The van der Waals surface area contributed by atoms with E-state index in [-0.39, 0.29) is 0 Å². The number of hydrogen-bond donors (Lipinski definition) is 0. The molecule has 0 N–H and O–H groups in total. The molecule has 142 valence electrons. The summed E-state index contributed by atoms with van der Waals surface area (Å²) in [5.74, 6) is 1.16. The van der Waals surface area contributed by atoms with Gasteiger partial charge in [-0.05, 0) is 36.6 Å². The first kappa shape index (κ1) is 16.8. The Hall–Kier alpha value is -4.12. The van der Waals surface area contributed by atoms with Crippen LogP contribution in [-0.4, -0.2) is 19.9 Å². The van der Waals surface area contributed by atoms with Gasteiger partial charge in [-0.1, -0.05) is 48.5 Å². The second kappa shape index (κ2) is 6.46. The lowest BCUT2D eigenvalue weighted by molar-refractivity contribution is 0.617. The highest BCUT2D eigenvalue weighted by Crippen LogP contribution is 2.29. The third-order valence-electron chi connectivity index (χ3n) is 5.32. The summed E-state index contributed by atoms with van der Waals surface area (Å²) in [6, 6.07) is 24.0. The van der Waals surface area contributed by atoms with Gasteiger partial charge in [0, 0.05) is 28.2 Å². The average molecular weight is 388 g/mol. The number of nitrogens with zero attached hydrogens (tertiary/aromatic N) is 4. The number of aromatic nitrogens is 4. The third-order valence-corrected chi connectivity index (χ3v) is 5.32. The van der Waals surface area contributed by atoms with E-state index in [1.807, 2.05) is 55.5 Å². The topological polar surface area (TPSA) is 64.7 Å². The molecule has 0 spiro atoms. The van der Waals surface area contributed by atoms with Crippen LogP contribution in [0.2, 0.25) is 0 Å². The van der Waals surface area contributed by atoms with Crippen molar-refractivity contribution < 1.29 is 4.42 Å². The molecule has 0 bridgehead atoms. The zero-order chi connectivity index (χ0) is 20.1. The van der Waals surface area contributed by atoms with E-state index in [0.717, 1.165) is 38.6 Å². The molecular weight excluding hydrogens is 372 g/mol. The summed E-state index contributed by atoms with van der Waals surface area (Å²) in [5, 5.41) is 3.35. The molecule has 6 aromatic rings. The molecule has 3 aromatic carbocycles. The van der Waals surface area contributed by atoms with Crippen molar-refractivity contribution in [1.82, 2.24) is 19.9 Å². The van der Waals surface area contributed by atoms with Crippen molar-refractivity contribution in [2.24, 2.45) is 0 Å². The highest BCUT2D eigenvalue weighted by atomic mass is 16.3. The molecule has 0 unspecified atom stereocenters. The van der Waals surface area contributed by atoms with E-state index in [1.54, 1.807) is 6.20 Å². The van der Waals surface area contributed by atoms with Crippen LogP contribution in [0.5, 0.6) is 0 Å². The van der Waals surface area contributed by atoms with Gasteiger partial charge in [-0.15, -0.1) is 0 Å². The Balaban J connectivity index is 1.46. The second-order valence-corrected chi connectivity index (χ2v) is 7.23. The number of aryl methyl sites for hydroxylation is 1. The highest BCUT2D eigenvalue weighted by molar-refractivity contribution is 6.06. The van der Waals surface area contributed by atoms with E-state index in [4.69, 9.17) is 14.4 Å². The smallest absolute Gasteiger partial charge is 0.246 e. The van der Waals surface area contributed by atoms with Crippen molar-refractivity contribution in [3.05, 3.63) is 84.7 Å². The number of pyridine rings is 1. The van der Waals surface area contributed by atoms with Crippen LogP contribution in [0, 0.1) is 6.92 Å². The third kappa shape index (κ3) is 2.63. The first-order chi connectivity index (χ1) is 14.8. The van der Waals surface area contributed by atoms with Crippen molar-refractivity contribution in [2.45, 2.75) is 6.92 Å². The number of oxazole rings is 1. The molecular formula is C25H16N4O. The van der Waals surface area contributed by atoms with Crippen LogP contribution in [0.25, 0.3) is 55.7 Å². The largest absolute Gasteiger partial charge is 0.435 e.